The van der Waals surface area contributed by atoms with Gasteiger partial charge in [0, 0.05) is 6.04 Å². The van der Waals surface area contributed by atoms with Gasteiger partial charge in [-0.1, -0.05) is 26.0 Å². The van der Waals surface area contributed by atoms with E-state index in [2.05, 4.69) is 38.1 Å². The first-order valence-corrected chi connectivity index (χ1v) is 6.43. The van der Waals surface area contributed by atoms with Crippen molar-refractivity contribution >= 4 is 0 Å². The molecule has 1 saturated carbocycles. The molecule has 0 aliphatic heterocycles. The predicted molar refractivity (Wildman–Crippen MR) is 71.3 cm³/mol. The number of hydrogen-bond donors (Lipinski definition) is 1. The molecule has 2 N–H and O–H groups in total. The van der Waals surface area contributed by atoms with E-state index in [-0.39, 0.29) is 11.5 Å². The molecule has 1 aliphatic carbocycles. The molecule has 2 rings (SSSR count). The Morgan fingerprint density at radius 3 is 2.24 bits per heavy atom. The average Bonchev–Trinajstić information content (AvgIpc) is 2.26. The lowest BCUT2D eigenvalue weighted by molar-refractivity contribution is 0.0983. The summed E-state index contributed by atoms with van der Waals surface area (Å²) in [5.41, 5.74) is 7.66. The number of benzene rings is 1. The van der Waals surface area contributed by atoms with Crippen LogP contribution in [0.5, 0.6) is 5.75 Å². The standard InChI is InChI=1S/C15H23NO/c1-10(2)17-12-7-5-11(6-8-12)13-9-14(16)15(13,3)4/h5-8,10,13-14H,9,16H2,1-4H3. The molecule has 0 bridgehead atoms. The third kappa shape index (κ3) is 2.32. The molecular formula is C15H23NO. The number of rotatable bonds is 3. The fraction of sp³-hybridized carbons (Fsp3) is 0.600. The van der Waals surface area contributed by atoms with Crippen molar-refractivity contribution < 1.29 is 4.74 Å². The maximum Gasteiger partial charge on any atom is 0.119 e. The molecule has 0 spiro atoms. The molecular weight excluding hydrogens is 210 g/mol. The molecule has 0 heterocycles. The van der Waals surface area contributed by atoms with Gasteiger partial charge in [-0.15, -0.1) is 0 Å². The van der Waals surface area contributed by atoms with Gasteiger partial charge in [-0.3, -0.25) is 0 Å². The number of ether oxygens (including phenoxy) is 1. The minimum absolute atomic E-state index is 0.223. The van der Waals surface area contributed by atoms with E-state index >= 15 is 0 Å². The minimum Gasteiger partial charge on any atom is -0.491 e. The monoisotopic (exact) mass is 233 g/mol. The summed E-state index contributed by atoms with van der Waals surface area (Å²) in [6.07, 6.45) is 1.33. The van der Waals surface area contributed by atoms with Crippen molar-refractivity contribution in [2.24, 2.45) is 11.1 Å². The van der Waals surface area contributed by atoms with Gasteiger partial charge in [0.05, 0.1) is 6.10 Å². The first-order valence-electron chi connectivity index (χ1n) is 6.43. The largest absolute Gasteiger partial charge is 0.491 e. The lowest BCUT2D eigenvalue weighted by Crippen LogP contribution is -2.52. The maximum atomic E-state index is 6.06. The molecule has 1 aromatic carbocycles. The molecule has 0 radical (unpaired) electrons. The third-order valence-corrected chi connectivity index (χ3v) is 4.00. The van der Waals surface area contributed by atoms with Gasteiger partial charge in [-0.2, -0.15) is 0 Å². The van der Waals surface area contributed by atoms with E-state index in [0.717, 1.165) is 12.2 Å². The molecule has 2 heteroatoms. The number of hydrogen-bond acceptors (Lipinski definition) is 2. The van der Waals surface area contributed by atoms with Crippen molar-refractivity contribution in [3.05, 3.63) is 29.8 Å². The Hall–Kier alpha value is -1.02. The van der Waals surface area contributed by atoms with Gasteiger partial charge in [0.15, 0.2) is 0 Å². The van der Waals surface area contributed by atoms with Crippen LogP contribution in [0.15, 0.2) is 24.3 Å². The van der Waals surface area contributed by atoms with Crippen LogP contribution in [0.4, 0.5) is 0 Å². The van der Waals surface area contributed by atoms with Gasteiger partial charge in [0.25, 0.3) is 0 Å². The summed E-state index contributed by atoms with van der Waals surface area (Å²) < 4.78 is 5.65. The highest BCUT2D eigenvalue weighted by Gasteiger charge is 2.46. The molecule has 2 nitrogen and oxygen atoms in total. The van der Waals surface area contributed by atoms with Crippen molar-refractivity contribution in [3.8, 4) is 5.75 Å². The minimum atomic E-state index is 0.223. The first kappa shape index (κ1) is 12.4. The van der Waals surface area contributed by atoms with Gasteiger partial charge < -0.3 is 10.5 Å². The molecule has 0 amide bonds. The summed E-state index contributed by atoms with van der Waals surface area (Å²) in [5.74, 6) is 1.54. The second-order valence-electron chi connectivity index (χ2n) is 5.95. The maximum absolute atomic E-state index is 6.06. The zero-order valence-corrected chi connectivity index (χ0v) is 11.2. The molecule has 0 aromatic heterocycles. The van der Waals surface area contributed by atoms with Crippen LogP contribution in [0, 0.1) is 5.41 Å². The van der Waals surface area contributed by atoms with Crippen molar-refractivity contribution in [3.63, 3.8) is 0 Å². The zero-order chi connectivity index (χ0) is 12.6. The average molecular weight is 233 g/mol. The van der Waals surface area contributed by atoms with Crippen molar-refractivity contribution in [1.82, 2.24) is 0 Å². The van der Waals surface area contributed by atoms with Crippen LogP contribution >= 0.6 is 0 Å². The topological polar surface area (TPSA) is 35.2 Å². The van der Waals surface area contributed by atoms with Crippen LogP contribution in [0.3, 0.4) is 0 Å². The van der Waals surface area contributed by atoms with E-state index < -0.39 is 0 Å². The van der Waals surface area contributed by atoms with Crippen LogP contribution in [-0.4, -0.2) is 12.1 Å². The quantitative estimate of drug-likeness (QED) is 0.869. The van der Waals surface area contributed by atoms with Gasteiger partial charge in [-0.05, 0) is 49.3 Å². The number of nitrogens with two attached hydrogens (primary N) is 1. The Balaban J connectivity index is 2.09. The van der Waals surface area contributed by atoms with Crippen molar-refractivity contribution in [2.45, 2.75) is 52.2 Å². The highest BCUT2D eigenvalue weighted by atomic mass is 16.5. The summed E-state index contributed by atoms with van der Waals surface area (Å²) in [5, 5.41) is 0. The van der Waals surface area contributed by atoms with Crippen LogP contribution in [0.2, 0.25) is 0 Å². The van der Waals surface area contributed by atoms with Gasteiger partial charge in [0.2, 0.25) is 0 Å². The fourth-order valence-corrected chi connectivity index (χ4v) is 2.58. The third-order valence-electron chi connectivity index (χ3n) is 4.00. The molecule has 2 atom stereocenters. The first-order chi connectivity index (χ1) is 7.91. The summed E-state index contributed by atoms with van der Waals surface area (Å²) >= 11 is 0. The Kier molecular flexibility index (Phi) is 3.17. The van der Waals surface area contributed by atoms with E-state index in [4.69, 9.17) is 10.5 Å². The lowest BCUT2D eigenvalue weighted by Gasteiger charge is -2.50. The normalized spacial score (nSPS) is 26.7. The van der Waals surface area contributed by atoms with Crippen molar-refractivity contribution in [2.75, 3.05) is 0 Å². The van der Waals surface area contributed by atoms with Crippen molar-refractivity contribution in [1.29, 1.82) is 0 Å². The molecule has 2 unspecified atom stereocenters. The summed E-state index contributed by atoms with van der Waals surface area (Å²) in [4.78, 5) is 0. The second-order valence-corrected chi connectivity index (χ2v) is 5.95. The summed E-state index contributed by atoms with van der Waals surface area (Å²) in [7, 11) is 0. The van der Waals surface area contributed by atoms with Crippen LogP contribution in [0.1, 0.15) is 45.6 Å². The highest BCUT2D eigenvalue weighted by molar-refractivity contribution is 5.33. The van der Waals surface area contributed by atoms with E-state index in [9.17, 15) is 0 Å². The van der Waals surface area contributed by atoms with E-state index in [0.29, 0.717) is 12.0 Å². The summed E-state index contributed by atoms with van der Waals surface area (Å²) in [6.45, 7) is 8.60. The van der Waals surface area contributed by atoms with Crippen LogP contribution in [0.25, 0.3) is 0 Å². The second kappa shape index (κ2) is 4.34. The van der Waals surface area contributed by atoms with Gasteiger partial charge in [-0.25, -0.2) is 0 Å². The van der Waals surface area contributed by atoms with E-state index in [1.807, 2.05) is 13.8 Å². The highest BCUT2D eigenvalue weighted by Crippen LogP contribution is 2.51. The Labute approximate surface area is 104 Å². The van der Waals surface area contributed by atoms with Crippen LogP contribution < -0.4 is 10.5 Å². The molecule has 0 saturated heterocycles. The molecule has 1 fully saturated rings. The Morgan fingerprint density at radius 2 is 1.82 bits per heavy atom. The SMILES string of the molecule is CC(C)Oc1ccc(C2CC(N)C2(C)C)cc1. The summed E-state index contributed by atoms with van der Waals surface area (Å²) in [6, 6.07) is 8.82. The lowest BCUT2D eigenvalue weighted by atomic mass is 9.57. The van der Waals surface area contributed by atoms with Gasteiger partial charge in [0.1, 0.15) is 5.75 Å². The Bertz CT molecular complexity index is 380. The predicted octanol–water partition coefficient (Wildman–Crippen LogP) is 3.31. The molecule has 1 aliphatic rings. The van der Waals surface area contributed by atoms with E-state index in [1.54, 1.807) is 0 Å². The zero-order valence-electron chi connectivity index (χ0n) is 11.2. The van der Waals surface area contributed by atoms with E-state index in [1.165, 1.54) is 5.56 Å². The van der Waals surface area contributed by atoms with Gasteiger partial charge >= 0.3 is 0 Å². The van der Waals surface area contributed by atoms with Crippen LogP contribution in [-0.2, 0) is 0 Å². The molecule has 17 heavy (non-hydrogen) atoms. The fourth-order valence-electron chi connectivity index (χ4n) is 2.58. The smallest absolute Gasteiger partial charge is 0.119 e. The Morgan fingerprint density at radius 1 is 1.24 bits per heavy atom. The molecule has 1 aromatic rings. The molecule has 94 valence electrons.